The van der Waals surface area contributed by atoms with Crippen LogP contribution in [0.5, 0.6) is 0 Å². The van der Waals surface area contributed by atoms with E-state index in [2.05, 4.69) is 45.0 Å². The summed E-state index contributed by atoms with van der Waals surface area (Å²) in [5.74, 6) is 0. The van der Waals surface area contributed by atoms with Gasteiger partial charge in [0.15, 0.2) is 0 Å². The summed E-state index contributed by atoms with van der Waals surface area (Å²) >= 11 is 0. The number of rotatable bonds is 4. The van der Waals surface area contributed by atoms with E-state index in [0.29, 0.717) is 0 Å². The maximum absolute atomic E-state index is 5.94. The Morgan fingerprint density at radius 3 is 2.43 bits per heavy atom. The smallest absolute Gasteiger partial charge is 0.00971 e. The van der Waals surface area contributed by atoms with E-state index in [1.807, 2.05) is 0 Å². The molecule has 1 aromatic carbocycles. The fourth-order valence-corrected chi connectivity index (χ4v) is 1.63. The average molecular weight is 191 g/mol. The van der Waals surface area contributed by atoms with Crippen LogP contribution in [0.25, 0.3) is 0 Å². The number of benzene rings is 1. The van der Waals surface area contributed by atoms with Gasteiger partial charge >= 0.3 is 0 Å². The molecule has 0 atom stereocenters. The molecule has 0 amide bonds. The maximum Gasteiger partial charge on any atom is 0.00971 e. The lowest BCUT2D eigenvalue weighted by atomic mass is 9.95. The summed E-state index contributed by atoms with van der Waals surface area (Å²) in [5.41, 5.74) is 8.76. The fourth-order valence-electron chi connectivity index (χ4n) is 1.63. The standard InChI is InChI=1S/C13H21N/c1-11-7-4-5-8-12(11)9-6-10-13(2,3)14/h4-5,7-8H,6,9-10,14H2,1-3H3. The molecule has 14 heavy (non-hydrogen) atoms. The van der Waals surface area contributed by atoms with Gasteiger partial charge < -0.3 is 5.73 Å². The summed E-state index contributed by atoms with van der Waals surface area (Å²) in [4.78, 5) is 0. The highest BCUT2D eigenvalue weighted by atomic mass is 14.7. The average Bonchev–Trinajstić information content (AvgIpc) is 2.06. The molecule has 1 nitrogen and oxygen atoms in total. The molecule has 0 aromatic heterocycles. The molecule has 1 aromatic rings. The van der Waals surface area contributed by atoms with E-state index in [1.54, 1.807) is 0 Å². The normalized spacial score (nSPS) is 11.7. The molecule has 0 heterocycles. The van der Waals surface area contributed by atoms with Gasteiger partial charge in [-0.1, -0.05) is 24.3 Å². The summed E-state index contributed by atoms with van der Waals surface area (Å²) in [5, 5.41) is 0. The lowest BCUT2D eigenvalue weighted by Gasteiger charge is -2.18. The molecular weight excluding hydrogens is 170 g/mol. The van der Waals surface area contributed by atoms with Crippen molar-refractivity contribution in [2.24, 2.45) is 5.73 Å². The van der Waals surface area contributed by atoms with Crippen molar-refractivity contribution in [3.05, 3.63) is 35.4 Å². The molecule has 0 aliphatic rings. The Balaban J connectivity index is 2.43. The molecule has 0 fully saturated rings. The minimum atomic E-state index is -0.0251. The molecule has 0 saturated heterocycles. The molecular formula is C13H21N. The Bertz CT molecular complexity index is 284. The maximum atomic E-state index is 5.94. The molecule has 0 saturated carbocycles. The van der Waals surface area contributed by atoms with Gasteiger partial charge in [0, 0.05) is 5.54 Å². The van der Waals surface area contributed by atoms with Crippen molar-refractivity contribution < 1.29 is 0 Å². The van der Waals surface area contributed by atoms with Gasteiger partial charge in [0.25, 0.3) is 0 Å². The highest BCUT2D eigenvalue weighted by Crippen LogP contribution is 2.14. The summed E-state index contributed by atoms with van der Waals surface area (Å²) in [6, 6.07) is 8.57. The van der Waals surface area contributed by atoms with Crippen molar-refractivity contribution in [3.63, 3.8) is 0 Å². The lowest BCUT2D eigenvalue weighted by molar-refractivity contribution is 0.459. The molecule has 1 heteroatoms. The van der Waals surface area contributed by atoms with Crippen molar-refractivity contribution in [3.8, 4) is 0 Å². The predicted molar refractivity (Wildman–Crippen MR) is 62.4 cm³/mol. The minimum Gasteiger partial charge on any atom is -0.326 e. The third kappa shape index (κ3) is 3.93. The monoisotopic (exact) mass is 191 g/mol. The van der Waals surface area contributed by atoms with Gasteiger partial charge in [-0.15, -0.1) is 0 Å². The Labute approximate surface area is 87.3 Å². The Morgan fingerprint density at radius 2 is 1.86 bits per heavy atom. The van der Waals surface area contributed by atoms with Crippen molar-refractivity contribution in [2.45, 2.75) is 45.6 Å². The second kappa shape index (κ2) is 4.61. The SMILES string of the molecule is Cc1ccccc1CCCC(C)(C)N. The molecule has 0 unspecified atom stereocenters. The van der Waals surface area contributed by atoms with E-state index in [0.717, 1.165) is 12.8 Å². The van der Waals surface area contributed by atoms with Gasteiger partial charge in [-0.2, -0.15) is 0 Å². The number of hydrogen-bond acceptors (Lipinski definition) is 1. The van der Waals surface area contributed by atoms with Crippen molar-refractivity contribution >= 4 is 0 Å². The second-order valence-electron chi connectivity index (χ2n) is 4.77. The largest absolute Gasteiger partial charge is 0.326 e. The number of hydrogen-bond donors (Lipinski definition) is 1. The summed E-state index contributed by atoms with van der Waals surface area (Å²) in [7, 11) is 0. The van der Waals surface area contributed by atoms with Crippen molar-refractivity contribution in [2.75, 3.05) is 0 Å². The van der Waals surface area contributed by atoms with E-state index in [4.69, 9.17) is 5.73 Å². The van der Waals surface area contributed by atoms with Gasteiger partial charge in [0.2, 0.25) is 0 Å². The molecule has 78 valence electrons. The summed E-state index contributed by atoms with van der Waals surface area (Å²) in [6.07, 6.45) is 3.41. The van der Waals surface area contributed by atoms with E-state index in [9.17, 15) is 0 Å². The van der Waals surface area contributed by atoms with Crippen molar-refractivity contribution in [1.29, 1.82) is 0 Å². The highest BCUT2D eigenvalue weighted by molar-refractivity contribution is 5.25. The first-order chi connectivity index (χ1) is 6.49. The lowest BCUT2D eigenvalue weighted by Crippen LogP contribution is -2.31. The number of aryl methyl sites for hydroxylation is 2. The third-order valence-corrected chi connectivity index (χ3v) is 2.53. The molecule has 0 aliphatic carbocycles. The van der Waals surface area contributed by atoms with Gasteiger partial charge in [-0.05, 0) is 51.2 Å². The van der Waals surface area contributed by atoms with Crippen LogP contribution < -0.4 is 5.73 Å². The number of nitrogens with two attached hydrogens (primary N) is 1. The zero-order chi connectivity index (χ0) is 10.6. The van der Waals surface area contributed by atoms with Crippen LogP contribution in [0.1, 0.15) is 37.8 Å². The van der Waals surface area contributed by atoms with E-state index >= 15 is 0 Å². The Hall–Kier alpha value is -0.820. The van der Waals surface area contributed by atoms with Crippen LogP contribution in [0, 0.1) is 6.92 Å². The van der Waals surface area contributed by atoms with Crippen molar-refractivity contribution in [1.82, 2.24) is 0 Å². The summed E-state index contributed by atoms with van der Waals surface area (Å²) in [6.45, 7) is 6.35. The van der Waals surface area contributed by atoms with Crippen LogP contribution in [0.15, 0.2) is 24.3 Å². The molecule has 0 radical (unpaired) electrons. The predicted octanol–water partition coefficient (Wildman–Crippen LogP) is 3.06. The molecule has 0 bridgehead atoms. The van der Waals surface area contributed by atoms with Crippen LogP contribution >= 0.6 is 0 Å². The first kappa shape index (κ1) is 11.3. The van der Waals surface area contributed by atoms with Gasteiger partial charge in [-0.3, -0.25) is 0 Å². The Kier molecular flexibility index (Phi) is 3.70. The van der Waals surface area contributed by atoms with Crippen LogP contribution in [-0.4, -0.2) is 5.54 Å². The van der Waals surface area contributed by atoms with Crippen LogP contribution in [0.4, 0.5) is 0 Å². The summed E-state index contributed by atoms with van der Waals surface area (Å²) < 4.78 is 0. The topological polar surface area (TPSA) is 26.0 Å². The van der Waals surface area contributed by atoms with Crippen LogP contribution in [0.3, 0.4) is 0 Å². The van der Waals surface area contributed by atoms with E-state index in [1.165, 1.54) is 17.5 Å². The fraction of sp³-hybridized carbons (Fsp3) is 0.538. The molecule has 2 N–H and O–H groups in total. The van der Waals surface area contributed by atoms with Crippen LogP contribution in [-0.2, 0) is 6.42 Å². The Morgan fingerprint density at radius 1 is 1.21 bits per heavy atom. The first-order valence-electron chi connectivity index (χ1n) is 5.32. The highest BCUT2D eigenvalue weighted by Gasteiger charge is 2.09. The minimum absolute atomic E-state index is 0.0251. The van der Waals surface area contributed by atoms with Gasteiger partial charge in [-0.25, -0.2) is 0 Å². The van der Waals surface area contributed by atoms with Gasteiger partial charge in [0.05, 0.1) is 0 Å². The zero-order valence-corrected chi connectivity index (χ0v) is 9.51. The molecule has 0 spiro atoms. The molecule has 1 rings (SSSR count). The first-order valence-corrected chi connectivity index (χ1v) is 5.32. The third-order valence-electron chi connectivity index (χ3n) is 2.53. The van der Waals surface area contributed by atoms with E-state index in [-0.39, 0.29) is 5.54 Å². The van der Waals surface area contributed by atoms with Gasteiger partial charge in [0.1, 0.15) is 0 Å². The molecule has 0 aliphatic heterocycles. The van der Waals surface area contributed by atoms with Crippen LogP contribution in [0.2, 0.25) is 0 Å². The second-order valence-corrected chi connectivity index (χ2v) is 4.77. The quantitative estimate of drug-likeness (QED) is 0.777. The van der Waals surface area contributed by atoms with E-state index < -0.39 is 0 Å². The zero-order valence-electron chi connectivity index (χ0n) is 9.51.